The van der Waals surface area contributed by atoms with E-state index in [1.165, 1.54) is 149 Å². The van der Waals surface area contributed by atoms with Crippen LogP contribution in [0.15, 0.2) is 152 Å². The molecule has 0 aliphatic heterocycles. The third-order valence-electron chi connectivity index (χ3n) is 18.6. The summed E-state index contributed by atoms with van der Waals surface area (Å²) in [5, 5.41) is 7.89. The van der Waals surface area contributed by atoms with Gasteiger partial charge in [0.15, 0.2) is 0 Å². The van der Waals surface area contributed by atoms with Crippen molar-refractivity contribution >= 4 is 32.3 Å². The summed E-state index contributed by atoms with van der Waals surface area (Å²) in [5.74, 6) is 0. The molecule has 0 aromatic heterocycles. The maximum Gasteiger partial charge on any atom is 0.0159 e. The Kier molecular flexibility index (Phi) is 11.2. The predicted octanol–water partition coefficient (Wildman–Crippen LogP) is 22.4. The molecule has 10 aromatic carbocycles. The molecule has 0 bridgehead atoms. The van der Waals surface area contributed by atoms with E-state index in [0.717, 1.165) is 0 Å². The van der Waals surface area contributed by atoms with Gasteiger partial charge in [0.1, 0.15) is 0 Å². The van der Waals surface area contributed by atoms with Gasteiger partial charge in [-0.25, -0.2) is 0 Å². The molecule has 0 heteroatoms. The zero-order chi connectivity index (χ0) is 55.8. The molecule has 0 fully saturated rings. The average Bonchev–Trinajstić information content (AvgIpc) is 3.59. The number of rotatable bonds is 4. The van der Waals surface area contributed by atoms with E-state index < -0.39 is 0 Å². The number of hydrogen-bond donors (Lipinski definition) is 0. The van der Waals surface area contributed by atoms with Gasteiger partial charge >= 0.3 is 0 Å². The third-order valence-corrected chi connectivity index (χ3v) is 18.6. The first kappa shape index (κ1) is 52.0. The van der Waals surface area contributed by atoms with Crippen LogP contribution in [0, 0.1) is 0 Å². The first-order valence-corrected chi connectivity index (χ1v) is 29.0. The van der Waals surface area contributed by atoms with Crippen molar-refractivity contribution in [2.24, 2.45) is 0 Å². The molecular weight excluding hydrogens is 937 g/mol. The van der Waals surface area contributed by atoms with Crippen LogP contribution in [-0.4, -0.2) is 0 Å². The van der Waals surface area contributed by atoms with E-state index >= 15 is 0 Å². The van der Waals surface area contributed by atoms with E-state index in [9.17, 15) is 0 Å². The highest BCUT2D eigenvalue weighted by Crippen LogP contribution is 2.57. The molecule has 78 heavy (non-hydrogen) atoms. The first-order chi connectivity index (χ1) is 36.3. The summed E-state index contributed by atoms with van der Waals surface area (Å²) in [6, 6.07) is 60.9. The van der Waals surface area contributed by atoms with Crippen LogP contribution >= 0.6 is 0 Å². The highest BCUT2D eigenvalue weighted by molar-refractivity contribution is 6.28. The molecule has 0 nitrogen and oxygen atoms in total. The molecule has 10 aromatic rings. The number of fused-ring (bicyclic) bond motifs is 6. The van der Waals surface area contributed by atoms with Crippen molar-refractivity contribution < 1.29 is 0 Å². The lowest BCUT2D eigenvalue weighted by atomic mass is 9.76. The van der Waals surface area contributed by atoms with Crippen molar-refractivity contribution in [1.82, 2.24) is 0 Å². The predicted molar refractivity (Wildman–Crippen MR) is 341 cm³/mol. The minimum Gasteiger partial charge on any atom is -0.0610 e. The fourth-order valence-corrected chi connectivity index (χ4v) is 13.5. The molecule has 0 spiro atoms. The summed E-state index contributed by atoms with van der Waals surface area (Å²) >= 11 is 0. The molecule has 2 aliphatic carbocycles. The Bertz CT molecular complexity index is 3870. The SMILES string of the molecule is CC(C)(C)c1ccc2c(c1)C(C)(C)c1cc(C(C)(C)C)cc(-c3cccc(-c4cc(-c5cccc(-c6cc(C(C)(C)C)cc7c6-c6ccc(C(C)(C)C)cc6C7(C)C)c5)c5ccc6cc(C(C)(C)C)cc7ccc4c5c76)c3)c1-2. The molecule has 0 unspecified atom stereocenters. The Hall–Kier alpha value is -6.76. The quantitative estimate of drug-likeness (QED) is 0.154. The van der Waals surface area contributed by atoms with Crippen LogP contribution in [0.5, 0.6) is 0 Å². The van der Waals surface area contributed by atoms with Crippen molar-refractivity contribution in [3.05, 3.63) is 202 Å². The molecule has 12 rings (SSSR count). The van der Waals surface area contributed by atoms with E-state index in [1.54, 1.807) is 0 Å². The summed E-state index contributed by atoms with van der Waals surface area (Å²) in [5.41, 5.74) is 28.0. The zero-order valence-corrected chi connectivity index (χ0v) is 50.4. The molecule has 2 aliphatic rings. The fourth-order valence-electron chi connectivity index (χ4n) is 13.5. The van der Waals surface area contributed by atoms with E-state index in [4.69, 9.17) is 0 Å². The van der Waals surface area contributed by atoms with Crippen LogP contribution in [0.1, 0.15) is 182 Å². The molecule has 0 radical (unpaired) electrons. The Morgan fingerprint density at radius 3 is 0.949 bits per heavy atom. The average molecular weight is 1020 g/mol. The van der Waals surface area contributed by atoms with Crippen molar-refractivity contribution in [1.29, 1.82) is 0 Å². The van der Waals surface area contributed by atoms with Crippen LogP contribution < -0.4 is 0 Å². The lowest BCUT2D eigenvalue weighted by Gasteiger charge is -2.27. The Balaban J connectivity index is 1.11. The highest BCUT2D eigenvalue weighted by Gasteiger charge is 2.41. The summed E-state index contributed by atoms with van der Waals surface area (Å²) in [6.45, 7) is 45.0. The second-order valence-electron chi connectivity index (χ2n) is 29.9. The molecular formula is C78H82. The fraction of sp³-hybridized carbons (Fsp3) is 0.333. The largest absolute Gasteiger partial charge is 0.0610 e. The van der Waals surface area contributed by atoms with Crippen LogP contribution in [0.25, 0.3) is 99.1 Å². The van der Waals surface area contributed by atoms with Crippen molar-refractivity contribution in [2.75, 3.05) is 0 Å². The van der Waals surface area contributed by atoms with Gasteiger partial charge in [-0.3, -0.25) is 0 Å². The van der Waals surface area contributed by atoms with Gasteiger partial charge in [-0.2, -0.15) is 0 Å². The van der Waals surface area contributed by atoms with Crippen molar-refractivity contribution in [2.45, 2.75) is 169 Å². The lowest BCUT2D eigenvalue weighted by molar-refractivity contribution is 0.579. The monoisotopic (exact) mass is 1020 g/mol. The molecule has 0 N–H and O–H groups in total. The maximum atomic E-state index is 2.53. The summed E-state index contributed by atoms with van der Waals surface area (Å²) in [4.78, 5) is 0. The third kappa shape index (κ3) is 8.12. The molecule has 0 amide bonds. The second-order valence-corrected chi connectivity index (χ2v) is 29.9. The zero-order valence-electron chi connectivity index (χ0n) is 50.4. The Morgan fingerprint density at radius 2 is 0.590 bits per heavy atom. The van der Waals surface area contributed by atoms with E-state index in [0.29, 0.717) is 0 Å². The lowest BCUT2D eigenvalue weighted by Crippen LogP contribution is -2.19. The van der Waals surface area contributed by atoms with E-state index in [-0.39, 0.29) is 37.9 Å². The number of benzene rings is 10. The summed E-state index contributed by atoms with van der Waals surface area (Å²) < 4.78 is 0. The minimum atomic E-state index is -0.147. The van der Waals surface area contributed by atoms with Gasteiger partial charge in [0.25, 0.3) is 0 Å². The van der Waals surface area contributed by atoms with Crippen molar-refractivity contribution in [3.8, 4) is 66.8 Å². The minimum absolute atomic E-state index is 0.0197. The normalized spacial score (nSPS) is 15.1. The Morgan fingerprint density at radius 1 is 0.256 bits per heavy atom. The smallest absolute Gasteiger partial charge is 0.0159 e. The van der Waals surface area contributed by atoms with Crippen molar-refractivity contribution in [3.63, 3.8) is 0 Å². The van der Waals surface area contributed by atoms with Gasteiger partial charge in [0.05, 0.1) is 0 Å². The van der Waals surface area contributed by atoms with Crippen LogP contribution in [-0.2, 0) is 37.9 Å². The first-order valence-electron chi connectivity index (χ1n) is 29.0. The summed E-state index contributed by atoms with van der Waals surface area (Å²) in [7, 11) is 0. The molecule has 394 valence electrons. The molecule has 0 heterocycles. The van der Waals surface area contributed by atoms with Gasteiger partial charge in [-0.05, 0) is 207 Å². The van der Waals surface area contributed by atoms with Gasteiger partial charge in [0.2, 0.25) is 0 Å². The van der Waals surface area contributed by atoms with Gasteiger partial charge in [-0.1, -0.05) is 253 Å². The van der Waals surface area contributed by atoms with Crippen LogP contribution in [0.4, 0.5) is 0 Å². The Labute approximate surface area is 467 Å². The topological polar surface area (TPSA) is 0 Å². The van der Waals surface area contributed by atoms with Gasteiger partial charge in [-0.15, -0.1) is 0 Å². The summed E-state index contributed by atoms with van der Waals surface area (Å²) in [6.07, 6.45) is 0. The van der Waals surface area contributed by atoms with Crippen LogP contribution in [0.2, 0.25) is 0 Å². The standard InChI is InChI=1S/C78H82/c1-72(2,3)51-28-32-58-64(40-51)77(16,17)66-42-54(75(10,11)12)38-62(69(58)66)47-24-20-22-45(34-47)60-44-61(57-31-27-50-37-53(74(7,8)9)36-49-26-30-56(60)71(57)68(49)50)46-23-21-25-48(35-46)63-39-55(76(13,14)15)43-67-70(63)59-33-29-52(73(4,5)6)41-65(59)78(67,18)19/h20-44H,1-19H3. The van der Waals surface area contributed by atoms with Crippen LogP contribution in [0.3, 0.4) is 0 Å². The molecule has 0 saturated carbocycles. The highest BCUT2D eigenvalue weighted by atomic mass is 14.4. The van der Waals surface area contributed by atoms with E-state index in [2.05, 4.69) is 283 Å². The maximum absolute atomic E-state index is 2.53. The van der Waals surface area contributed by atoms with Gasteiger partial charge in [0, 0.05) is 10.8 Å². The number of hydrogen-bond acceptors (Lipinski definition) is 0. The molecule has 0 saturated heterocycles. The van der Waals surface area contributed by atoms with E-state index in [1.807, 2.05) is 0 Å². The second kappa shape index (κ2) is 16.9. The van der Waals surface area contributed by atoms with Gasteiger partial charge < -0.3 is 0 Å². The molecule has 0 atom stereocenters.